The van der Waals surface area contributed by atoms with Gasteiger partial charge in [0.25, 0.3) is 0 Å². The summed E-state index contributed by atoms with van der Waals surface area (Å²) in [5.41, 5.74) is 1.87. The van der Waals surface area contributed by atoms with Crippen LogP contribution in [0.3, 0.4) is 0 Å². The van der Waals surface area contributed by atoms with Crippen molar-refractivity contribution in [3.05, 3.63) is 36.8 Å². The molecule has 0 bridgehead atoms. The number of rotatable bonds is 3. The average Bonchev–Trinajstić information content (AvgIpc) is 2.68. The highest BCUT2D eigenvalue weighted by atomic mass is 16.3. The van der Waals surface area contributed by atoms with Gasteiger partial charge in [-0.05, 0) is 18.2 Å². The normalized spacial score (nSPS) is 10.4. The Kier molecular flexibility index (Phi) is 2.55. The van der Waals surface area contributed by atoms with E-state index in [1.54, 1.807) is 17.1 Å². The lowest BCUT2D eigenvalue weighted by Crippen LogP contribution is -2.02. The van der Waals surface area contributed by atoms with Gasteiger partial charge in [-0.3, -0.25) is 9.67 Å². The van der Waals surface area contributed by atoms with E-state index in [9.17, 15) is 0 Å². The third-order valence-corrected chi connectivity index (χ3v) is 1.93. The molecule has 14 heavy (non-hydrogen) atoms. The first kappa shape index (κ1) is 8.90. The molecule has 0 aliphatic heterocycles. The van der Waals surface area contributed by atoms with Crippen molar-refractivity contribution in [2.24, 2.45) is 0 Å². The number of pyridine rings is 1. The van der Waals surface area contributed by atoms with Crippen LogP contribution in [0.15, 0.2) is 36.8 Å². The molecule has 0 aliphatic rings. The predicted octanol–water partition coefficient (Wildman–Crippen LogP) is 0.937. The first-order valence-electron chi connectivity index (χ1n) is 4.45. The summed E-state index contributed by atoms with van der Waals surface area (Å²) in [5.74, 6) is 0. The minimum atomic E-state index is 0.105. The Morgan fingerprint density at radius 2 is 2.29 bits per heavy atom. The summed E-state index contributed by atoms with van der Waals surface area (Å²) >= 11 is 0. The summed E-state index contributed by atoms with van der Waals surface area (Å²) in [6.45, 7) is 0.633. The zero-order valence-corrected chi connectivity index (χ0v) is 7.67. The van der Waals surface area contributed by atoms with Gasteiger partial charge in [-0.1, -0.05) is 0 Å². The number of hydrogen-bond acceptors (Lipinski definition) is 3. The topological polar surface area (TPSA) is 50.9 Å². The second kappa shape index (κ2) is 4.02. The van der Waals surface area contributed by atoms with Gasteiger partial charge in [-0.25, -0.2) is 0 Å². The van der Waals surface area contributed by atoms with Gasteiger partial charge in [-0.15, -0.1) is 0 Å². The molecule has 2 rings (SSSR count). The molecule has 0 aliphatic carbocycles. The molecule has 0 amide bonds. The van der Waals surface area contributed by atoms with Gasteiger partial charge in [0.05, 0.1) is 18.8 Å². The Morgan fingerprint density at radius 1 is 1.36 bits per heavy atom. The molecule has 2 heterocycles. The van der Waals surface area contributed by atoms with Gasteiger partial charge in [0, 0.05) is 24.2 Å². The maximum Gasteiger partial charge on any atom is 0.0938 e. The van der Waals surface area contributed by atoms with Crippen molar-refractivity contribution < 1.29 is 5.11 Å². The molecule has 0 unspecified atom stereocenters. The molecule has 0 atom stereocenters. The molecule has 0 radical (unpaired) electrons. The van der Waals surface area contributed by atoms with Gasteiger partial charge < -0.3 is 5.11 Å². The van der Waals surface area contributed by atoms with E-state index >= 15 is 0 Å². The fraction of sp³-hybridized carbons (Fsp3) is 0.200. The molecule has 72 valence electrons. The van der Waals surface area contributed by atoms with Crippen LogP contribution in [0.2, 0.25) is 0 Å². The lowest BCUT2D eigenvalue weighted by molar-refractivity contribution is 0.269. The van der Waals surface area contributed by atoms with Crippen molar-refractivity contribution in [3.63, 3.8) is 0 Å². The van der Waals surface area contributed by atoms with Crippen LogP contribution in [0, 0.1) is 0 Å². The third-order valence-electron chi connectivity index (χ3n) is 1.93. The SMILES string of the molecule is OCCn1ccc(-c2cccnc2)n1. The highest BCUT2D eigenvalue weighted by Crippen LogP contribution is 2.14. The van der Waals surface area contributed by atoms with E-state index in [0.29, 0.717) is 6.54 Å². The number of aliphatic hydroxyl groups excluding tert-OH is 1. The average molecular weight is 189 g/mol. The quantitative estimate of drug-likeness (QED) is 0.781. The van der Waals surface area contributed by atoms with E-state index in [0.717, 1.165) is 11.3 Å². The van der Waals surface area contributed by atoms with Gasteiger partial charge in [0.15, 0.2) is 0 Å². The fourth-order valence-electron chi connectivity index (χ4n) is 1.26. The molecule has 4 nitrogen and oxygen atoms in total. The second-order valence-electron chi connectivity index (χ2n) is 2.93. The zero-order valence-electron chi connectivity index (χ0n) is 7.67. The summed E-state index contributed by atoms with van der Waals surface area (Å²) in [6.07, 6.45) is 5.35. The molecule has 0 aromatic carbocycles. The molecular formula is C10H11N3O. The van der Waals surface area contributed by atoms with Gasteiger partial charge in [-0.2, -0.15) is 5.10 Å². The molecule has 0 spiro atoms. The molecule has 0 saturated heterocycles. The Labute approximate surface area is 81.8 Å². The molecule has 0 fully saturated rings. The molecule has 2 aromatic rings. The first-order valence-corrected chi connectivity index (χ1v) is 4.45. The standard InChI is InChI=1S/C10H11N3O/c14-7-6-13-5-3-10(12-13)9-2-1-4-11-8-9/h1-5,8,14H,6-7H2. The molecule has 0 saturated carbocycles. The molecule has 2 aromatic heterocycles. The predicted molar refractivity (Wildman–Crippen MR) is 52.5 cm³/mol. The van der Waals surface area contributed by atoms with Crippen LogP contribution in [-0.4, -0.2) is 26.5 Å². The van der Waals surface area contributed by atoms with Crippen molar-refractivity contribution in [2.45, 2.75) is 6.54 Å². The Hall–Kier alpha value is -1.68. The highest BCUT2D eigenvalue weighted by Gasteiger charge is 2.00. The van der Waals surface area contributed by atoms with E-state index < -0.39 is 0 Å². The number of hydrogen-bond donors (Lipinski definition) is 1. The van der Waals surface area contributed by atoms with Gasteiger partial charge in [0.1, 0.15) is 0 Å². The van der Waals surface area contributed by atoms with Crippen LogP contribution in [0.5, 0.6) is 0 Å². The molecule has 4 heteroatoms. The van der Waals surface area contributed by atoms with Crippen molar-refractivity contribution >= 4 is 0 Å². The summed E-state index contributed by atoms with van der Waals surface area (Å²) in [6, 6.07) is 5.74. The van der Waals surface area contributed by atoms with Crippen molar-refractivity contribution in [1.29, 1.82) is 0 Å². The minimum absolute atomic E-state index is 0.105. The summed E-state index contributed by atoms with van der Waals surface area (Å²) < 4.78 is 1.71. The van der Waals surface area contributed by atoms with Gasteiger partial charge >= 0.3 is 0 Å². The smallest absolute Gasteiger partial charge is 0.0938 e. The number of aromatic nitrogens is 3. The van der Waals surface area contributed by atoms with E-state index in [-0.39, 0.29) is 6.61 Å². The van der Waals surface area contributed by atoms with Crippen LogP contribution >= 0.6 is 0 Å². The summed E-state index contributed by atoms with van der Waals surface area (Å²) in [5, 5.41) is 13.0. The maximum absolute atomic E-state index is 8.73. The van der Waals surface area contributed by atoms with Crippen LogP contribution in [-0.2, 0) is 6.54 Å². The zero-order chi connectivity index (χ0) is 9.80. The lowest BCUT2D eigenvalue weighted by atomic mass is 10.2. The lowest BCUT2D eigenvalue weighted by Gasteiger charge is -1.96. The van der Waals surface area contributed by atoms with Crippen molar-refractivity contribution in [1.82, 2.24) is 14.8 Å². The Balaban J connectivity index is 2.25. The second-order valence-corrected chi connectivity index (χ2v) is 2.93. The van der Waals surface area contributed by atoms with E-state index in [4.69, 9.17) is 5.11 Å². The number of nitrogens with zero attached hydrogens (tertiary/aromatic N) is 3. The van der Waals surface area contributed by atoms with E-state index in [1.807, 2.05) is 24.4 Å². The van der Waals surface area contributed by atoms with Crippen molar-refractivity contribution in [3.8, 4) is 11.3 Å². The first-order chi connectivity index (χ1) is 6.90. The van der Waals surface area contributed by atoms with Crippen molar-refractivity contribution in [2.75, 3.05) is 6.61 Å². The van der Waals surface area contributed by atoms with Gasteiger partial charge in [0.2, 0.25) is 0 Å². The maximum atomic E-state index is 8.73. The monoisotopic (exact) mass is 189 g/mol. The Morgan fingerprint density at radius 3 is 3.00 bits per heavy atom. The van der Waals surface area contributed by atoms with Crippen LogP contribution in [0.1, 0.15) is 0 Å². The van der Waals surface area contributed by atoms with Crippen LogP contribution in [0.4, 0.5) is 0 Å². The molecule has 1 N–H and O–H groups in total. The number of aliphatic hydroxyl groups is 1. The van der Waals surface area contributed by atoms with Crippen LogP contribution in [0.25, 0.3) is 11.3 Å². The summed E-state index contributed by atoms with van der Waals surface area (Å²) in [7, 11) is 0. The minimum Gasteiger partial charge on any atom is -0.394 e. The summed E-state index contributed by atoms with van der Waals surface area (Å²) in [4.78, 5) is 4.02. The highest BCUT2D eigenvalue weighted by molar-refractivity contribution is 5.56. The van der Waals surface area contributed by atoms with E-state index in [1.165, 1.54) is 0 Å². The van der Waals surface area contributed by atoms with E-state index in [2.05, 4.69) is 10.1 Å². The molecular weight excluding hydrogens is 178 g/mol. The largest absolute Gasteiger partial charge is 0.394 e. The third kappa shape index (κ3) is 1.80. The Bertz CT molecular complexity index is 397. The fourth-order valence-corrected chi connectivity index (χ4v) is 1.26. The van der Waals surface area contributed by atoms with Crippen LogP contribution < -0.4 is 0 Å².